The Hall–Kier alpha value is -1.62. The second-order valence-corrected chi connectivity index (χ2v) is 7.80. The third kappa shape index (κ3) is 5.50. The van der Waals surface area contributed by atoms with Gasteiger partial charge in [-0.15, -0.1) is 0 Å². The number of hydrogen-bond acceptors (Lipinski definition) is 4. The molecule has 128 valence electrons. The Balaban J connectivity index is 3.03. The van der Waals surface area contributed by atoms with E-state index in [0.29, 0.717) is 23.3 Å². The van der Waals surface area contributed by atoms with E-state index in [9.17, 15) is 13.2 Å². The highest BCUT2D eigenvalue weighted by Gasteiger charge is 2.23. The zero-order valence-electron chi connectivity index (χ0n) is 14.6. The van der Waals surface area contributed by atoms with E-state index in [-0.39, 0.29) is 4.90 Å². The quantitative estimate of drug-likeness (QED) is 0.536. The molecule has 0 N–H and O–H groups in total. The number of ketones is 1. The second-order valence-electron chi connectivity index (χ2n) is 5.87. The molecule has 5 heteroatoms. The van der Waals surface area contributed by atoms with Crippen LogP contribution in [0.4, 0.5) is 0 Å². The maximum absolute atomic E-state index is 12.6. The van der Waals surface area contributed by atoms with Crippen LogP contribution >= 0.6 is 0 Å². The number of rotatable bonds is 8. The summed E-state index contributed by atoms with van der Waals surface area (Å²) in [7, 11) is -2.16. The van der Waals surface area contributed by atoms with E-state index < -0.39 is 21.4 Å². The zero-order valence-corrected chi connectivity index (χ0v) is 15.4. The number of sulfone groups is 1. The number of aryl methyl sites for hydroxylation is 3. The summed E-state index contributed by atoms with van der Waals surface area (Å²) in [4.78, 5) is 12.4. The summed E-state index contributed by atoms with van der Waals surface area (Å²) in [5, 5.41) is 0. The van der Waals surface area contributed by atoms with Crippen molar-refractivity contribution in [2.24, 2.45) is 0 Å². The fraction of sp³-hybridized carbons (Fsp3) is 0.500. The van der Waals surface area contributed by atoms with E-state index in [4.69, 9.17) is 4.74 Å². The number of carbonyl (C=O) groups is 1. The SMILES string of the molecule is CCCC/C(=C/C(=O)CS(=O)(=O)c1c(C)cc(C)cc1C)OC. The van der Waals surface area contributed by atoms with Crippen LogP contribution in [0.2, 0.25) is 0 Å². The average molecular weight is 338 g/mol. The molecule has 0 saturated heterocycles. The third-order valence-electron chi connectivity index (χ3n) is 3.61. The molecule has 0 radical (unpaired) electrons. The summed E-state index contributed by atoms with van der Waals surface area (Å²) < 4.78 is 30.3. The Labute approximate surface area is 139 Å². The van der Waals surface area contributed by atoms with Gasteiger partial charge in [-0.1, -0.05) is 31.0 Å². The van der Waals surface area contributed by atoms with Gasteiger partial charge in [-0.05, 0) is 38.3 Å². The Morgan fingerprint density at radius 2 is 1.74 bits per heavy atom. The van der Waals surface area contributed by atoms with E-state index in [2.05, 4.69) is 0 Å². The van der Waals surface area contributed by atoms with Gasteiger partial charge in [0.25, 0.3) is 0 Å². The molecule has 0 saturated carbocycles. The van der Waals surface area contributed by atoms with Crippen molar-refractivity contribution < 1.29 is 17.9 Å². The summed E-state index contributed by atoms with van der Waals surface area (Å²) in [6.45, 7) is 7.48. The van der Waals surface area contributed by atoms with Crippen molar-refractivity contribution in [1.82, 2.24) is 0 Å². The van der Waals surface area contributed by atoms with Crippen molar-refractivity contribution in [1.29, 1.82) is 0 Å². The fourth-order valence-electron chi connectivity index (χ4n) is 2.72. The van der Waals surface area contributed by atoms with Gasteiger partial charge in [-0.3, -0.25) is 4.79 Å². The van der Waals surface area contributed by atoms with Crippen LogP contribution in [0.25, 0.3) is 0 Å². The van der Waals surface area contributed by atoms with Gasteiger partial charge < -0.3 is 4.74 Å². The number of benzene rings is 1. The van der Waals surface area contributed by atoms with Gasteiger partial charge in [0.05, 0.1) is 17.8 Å². The molecule has 0 aromatic heterocycles. The Morgan fingerprint density at radius 3 is 2.22 bits per heavy atom. The van der Waals surface area contributed by atoms with Crippen LogP contribution in [0.3, 0.4) is 0 Å². The lowest BCUT2D eigenvalue weighted by atomic mass is 10.1. The minimum Gasteiger partial charge on any atom is -0.501 e. The maximum atomic E-state index is 12.6. The standard InChI is InChI=1S/C18H26O4S/c1-6-7-8-17(22-5)11-16(19)12-23(20,21)18-14(3)9-13(2)10-15(18)4/h9-11H,6-8,12H2,1-5H3/b17-11-. The van der Waals surface area contributed by atoms with E-state index in [1.165, 1.54) is 13.2 Å². The molecule has 0 amide bonds. The van der Waals surface area contributed by atoms with Crippen molar-refractivity contribution in [3.8, 4) is 0 Å². The van der Waals surface area contributed by atoms with Crippen molar-refractivity contribution in [3.63, 3.8) is 0 Å². The van der Waals surface area contributed by atoms with Crippen LogP contribution in [0.15, 0.2) is 28.9 Å². The predicted molar refractivity (Wildman–Crippen MR) is 92.3 cm³/mol. The first-order chi connectivity index (χ1) is 10.7. The largest absolute Gasteiger partial charge is 0.501 e. The minimum atomic E-state index is -3.66. The van der Waals surface area contributed by atoms with Crippen LogP contribution in [-0.4, -0.2) is 27.1 Å². The molecule has 23 heavy (non-hydrogen) atoms. The number of methoxy groups -OCH3 is 1. The minimum absolute atomic E-state index is 0.261. The van der Waals surface area contributed by atoms with Crippen molar-refractivity contribution in [3.05, 3.63) is 40.7 Å². The molecule has 0 aliphatic heterocycles. The lowest BCUT2D eigenvalue weighted by Gasteiger charge is -2.11. The summed E-state index contributed by atoms with van der Waals surface area (Å²) in [6.07, 6.45) is 3.83. The summed E-state index contributed by atoms with van der Waals surface area (Å²) >= 11 is 0. The highest BCUT2D eigenvalue weighted by atomic mass is 32.2. The lowest BCUT2D eigenvalue weighted by molar-refractivity contribution is -0.112. The molecule has 0 heterocycles. The number of allylic oxidation sites excluding steroid dienone is 2. The van der Waals surface area contributed by atoms with E-state index in [0.717, 1.165) is 18.4 Å². The first-order valence-electron chi connectivity index (χ1n) is 7.79. The molecule has 1 aromatic rings. The van der Waals surface area contributed by atoms with Gasteiger partial charge in [0.2, 0.25) is 0 Å². The van der Waals surface area contributed by atoms with E-state index in [1.54, 1.807) is 13.8 Å². The highest BCUT2D eigenvalue weighted by molar-refractivity contribution is 7.92. The van der Waals surface area contributed by atoms with Crippen molar-refractivity contribution in [2.45, 2.75) is 51.9 Å². The summed E-state index contributed by atoms with van der Waals surface area (Å²) in [5.41, 5.74) is 2.36. The van der Waals surface area contributed by atoms with Crippen LogP contribution < -0.4 is 0 Å². The molecule has 0 unspecified atom stereocenters. The molecule has 0 spiro atoms. The molecule has 1 aromatic carbocycles. The van der Waals surface area contributed by atoms with E-state index >= 15 is 0 Å². The molecule has 4 nitrogen and oxygen atoms in total. The summed E-state index contributed by atoms with van der Waals surface area (Å²) in [5.74, 6) is -0.446. The van der Waals surface area contributed by atoms with Crippen LogP contribution in [0, 0.1) is 20.8 Å². The van der Waals surface area contributed by atoms with Crippen LogP contribution in [-0.2, 0) is 19.4 Å². The van der Waals surface area contributed by atoms with Crippen LogP contribution in [0.5, 0.6) is 0 Å². The second kappa shape index (κ2) is 8.29. The number of hydrogen-bond donors (Lipinski definition) is 0. The van der Waals surface area contributed by atoms with Gasteiger partial charge in [-0.25, -0.2) is 8.42 Å². The molecule has 0 aliphatic carbocycles. The van der Waals surface area contributed by atoms with E-state index in [1.807, 2.05) is 26.0 Å². The van der Waals surface area contributed by atoms with Crippen molar-refractivity contribution in [2.75, 3.05) is 12.9 Å². The van der Waals surface area contributed by atoms with Gasteiger partial charge in [0, 0.05) is 12.5 Å². The number of carbonyl (C=O) groups excluding carboxylic acids is 1. The third-order valence-corrected chi connectivity index (χ3v) is 5.54. The Bertz CT molecular complexity index is 677. The Kier molecular flexibility index (Phi) is 7.01. The molecule has 1 rings (SSSR count). The molecule has 0 atom stereocenters. The van der Waals surface area contributed by atoms with Gasteiger partial charge >= 0.3 is 0 Å². The first kappa shape index (κ1) is 19.4. The molecular weight excluding hydrogens is 312 g/mol. The number of unbranched alkanes of at least 4 members (excludes halogenated alkanes) is 1. The van der Waals surface area contributed by atoms with Gasteiger partial charge in [0.15, 0.2) is 15.6 Å². The molecule has 0 fully saturated rings. The first-order valence-corrected chi connectivity index (χ1v) is 9.44. The average Bonchev–Trinajstić information content (AvgIpc) is 2.41. The van der Waals surface area contributed by atoms with Crippen LogP contribution in [0.1, 0.15) is 42.9 Å². The van der Waals surface area contributed by atoms with Gasteiger partial charge in [-0.2, -0.15) is 0 Å². The zero-order chi connectivity index (χ0) is 17.6. The maximum Gasteiger partial charge on any atom is 0.186 e. The smallest absolute Gasteiger partial charge is 0.186 e. The van der Waals surface area contributed by atoms with Crippen molar-refractivity contribution >= 4 is 15.6 Å². The lowest BCUT2D eigenvalue weighted by Crippen LogP contribution is -2.17. The monoisotopic (exact) mass is 338 g/mol. The highest BCUT2D eigenvalue weighted by Crippen LogP contribution is 2.23. The Morgan fingerprint density at radius 1 is 1.17 bits per heavy atom. The van der Waals surface area contributed by atoms with Gasteiger partial charge in [0.1, 0.15) is 5.75 Å². The number of ether oxygens (including phenoxy) is 1. The molecule has 0 bridgehead atoms. The molecule has 0 aliphatic rings. The normalized spacial score (nSPS) is 12.3. The fourth-order valence-corrected chi connectivity index (χ4v) is 4.42. The predicted octanol–water partition coefficient (Wildman–Crippen LogP) is 3.68. The summed E-state index contributed by atoms with van der Waals surface area (Å²) in [6, 6.07) is 3.64. The molecular formula is C18H26O4S. The topological polar surface area (TPSA) is 60.4 Å².